The molecule has 0 unspecified atom stereocenters. The first-order valence-electron chi connectivity index (χ1n) is 7.81. The van der Waals surface area contributed by atoms with Gasteiger partial charge >= 0.3 is 5.69 Å². The number of hydrogen-bond acceptors (Lipinski definition) is 5. The molecule has 0 aliphatic carbocycles. The maximum absolute atomic E-state index is 12.2. The summed E-state index contributed by atoms with van der Waals surface area (Å²) in [5.41, 5.74) is 1.84. The molecule has 0 amide bonds. The van der Waals surface area contributed by atoms with Crippen molar-refractivity contribution in [1.82, 2.24) is 19.3 Å². The van der Waals surface area contributed by atoms with Crippen molar-refractivity contribution in [3.8, 4) is 0 Å². The molecule has 4 rings (SSSR count). The molecule has 3 heterocycles. The zero-order valence-electron chi connectivity index (χ0n) is 13.2. The van der Waals surface area contributed by atoms with Crippen molar-refractivity contribution in [1.29, 1.82) is 0 Å². The van der Waals surface area contributed by atoms with Gasteiger partial charge in [-0.15, -0.1) is 0 Å². The lowest BCUT2D eigenvalue weighted by Gasteiger charge is -2.11. The monoisotopic (exact) mass is 378 g/mol. The van der Waals surface area contributed by atoms with Crippen LogP contribution in [0.1, 0.15) is 18.0 Å². The number of nitrogens with zero attached hydrogens (tertiary/aromatic N) is 4. The van der Waals surface area contributed by atoms with Gasteiger partial charge in [-0.25, -0.2) is 13.2 Å². The molecule has 0 N–H and O–H groups in total. The maximum Gasteiger partial charge on any atom is 0.348 e. The van der Waals surface area contributed by atoms with Gasteiger partial charge in [-0.2, -0.15) is 10.1 Å². The van der Waals surface area contributed by atoms with Gasteiger partial charge in [0.15, 0.2) is 9.84 Å². The van der Waals surface area contributed by atoms with Gasteiger partial charge in [0.2, 0.25) is 0 Å². The van der Waals surface area contributed by atoms with Gasteiger partial charge < -0.3 is 0 Å². The predicted octanol–water partition coefficient (Wildman–Crippen LogP) is 1.65. The van der Waals surface area contributed by atoms with Gasteiger partial charge in [0, 0.05) is 5.02 Å². The van der Waals surface area contributed by atoms with Gasteiger partial charge in [0.1, 0.15) is 5.52 Å². The number of hydrogen-bond donors (Lipinski definition) is 0. The van der Waals surface area contributed by atoms with Crippen LogP contribution < -0.4 is 5.69 Å². The second kappa shape index (κ2) is 5.96. The Morgan fingerprint density at radius 3 is 2.60 bits per heavy atom. The molecule has 1 saturated heterocycles. The second-order valence-corrected chi connectivity index (χ2v) is 8.84. The molecule has 9 heteroatoms. The number of aromatic nitrogens is 4. The highest BCUT2D eigenvalue weighted by Crippen LogP contribution is 2.26. The van der Waals surface area contributed by atoms with Gasteiger partial charge in [-0.05, 0) is 24.1 Å². The molecule has 0 bridgehead atoms. The zero-order chi connectivity index (χ0) is 17.6. The first kappa shape index (κ1) is 16.3. The lowest BCUT2D eigenvalue weighted by atomic mass is 10.2. The molecule has 1 atom stereocenters. The molecule has 1 aliphatic rings. The summed E-state index contributed by atoms with van der Waals surface area (Å²) in [5, 5.41) is 4.96. The third-order valence-electron chi connectivity index (χ3n) is 4.44. The molecule has 2 aromatic heterocycles. The molecule has 7 nitrogen and oxygen atoms in total. The molecule has 1 aromatic carbocycles. The van der Waals surface area contributed by atoms with Crippen molar-refractivity contribution < 1.29 is 8.42 Å². The van der Waals surface area contributed by atoms with Crippen LogP contribution in [0.5, 0.6) is 0 Å². The molecular formula is C16H15ClN4O3S. The summed E-state index contributed by atoms with van der Waals surface area (Å²) in [5.74, 6) is 0.233. The average Bonchev–Trinajstić information content (AvgIpc) is 3.15. The van der Waals surface area contributed by atoms with Crippen LogP contribution in [0.3, 0.4) is 0 Å². The normalized spacial score (nSPS) is 19.5. The number of sulfone groups is 1. The minimum atomic E-state index is -3.02. The van der Waals surface area contributed by atoms with E-state index in [4.69, 9.17) is 11.6 Å². The number of rotatable bonds is 3. The summed E-state index contributed by atoms with van der Waals surface area (Å²) in [6.07, 6.45) is 3.59. The largest absolute Gasteiger partial charge is 0.348 e. The van der Waals surface area contributed by atoms with E-state index >= 15 is 0 Å². The Bertz CT molecular complexity index is 1100. The summed E-state index contributed by atoms with van der Waals surface area (Å²) in [6.45, 7) is 0.342. The highest BCUT2D eigenvalue weighted by Gasteiger charge is 2.30. The van der Waals surface area contributed by atoms with Crippen molar-refractivity contribution >= 4 is 32.5 Å². The van der Waals surface area contributed by atoms with Crippen molar-refractivity contribution in [2.75, 3.05) is 11.5 Å². The minimum Gasteiger partial charge on any atom is -0.284 e. The third kappa shape index (κ3) is 3.07. The summed E-state index contributed by atoms with van der Waals surface area (Å²) >= 11 is 5.90. The Morgan fingerprint density at radius 1 is 1.16 bits per heavy atom. The summed E-state index contributed by atoms with van der Waals surface area (Å²) < 4.78 is 26.7. The number of halogens is 1. The summed E-state index contributed by atoms with van der Waals surface area (Å²) in [7, 11) is -3.02. The Balaban J connectivity index is 1.76. The Morgan fingerprint density at radius 2 is 1.92 bits per heavy atom. The lowest BCUT2D eigenvalue weighted by Crippen LogP contribution is -2.23. The maximum atomic E-state index is 12.2. The Labute approximate surface area is 148 Å². The van der Waals surface area contributed by atoms with E-state index in [0.717, 1.165) is 5.56 Å². The van der Waals surface area contributed by atoms with Gasteiger partial charge in [-0.3, -0.25) is 9.25 Å². The number of fused-ring (bicyclic) bond motifs is 1. The smallest absolute Gasteiger partial charge is 0.284 e. The van der Waals surface area contributed by atoms with Crippen LogP contribution >= 0.6 is 11.6 Å². The molecule has 0 spiro atoms. The van der Waals surface area contributed by atoms with E-state index in [2.05, 4.69) is 10.1 Å². The van der Waals surface area contributed by atoms with Crippen molar-refractivity contribution in [3.63, 3.8) is 0 Å². The number of benzene rings is 1. The van der Waals surface area contributed by atoms with E-state index < -0.39 is 9.84 Å². The standard InChI is InChI=1S/C16H15ClN4O3S/c17-12-3-1-11(2-4-12)9-20-14-8-19-21(15(14)7-18-16(20)22)13-5-6-25(23,24)10-13/h1-4,7-8,13H,5-6,9-10H2/t13-/m1/s1. The lowest BCUT2D eigenvalue weighted by molar-refractivity contribution is 0.515. The Hall–Kier alpha value is -2.19. The fourth-order valence-corrected chi connectivity index (χ4v) is 4.99. The van der Waals surface area contributed by atoms with E-state index in [0.29, 0.717) is 29.0 Å². The summed E-state index contributed by atoms with van der Waals surface area (Å²) in [4.78, 5) is 16.2. The third-order valence-corrected chi connectivity index (χ3v) is 6.44. The van der Waals surface area contributed by atoms with Crippen LogP contribution in [0.2, 0.25) is 5.02 Å². The first-order valence-corrected chi connectivity index (χ1v) is 10.0. The predicted molar refractivity (Wildman–Crippen MR) is 94.6 cm³/mol. The molecular weight excluding hydrogens is 364 g/mol. The van der Waals surface area contributed by atoms with Crippen LogP contribution in [-0.4, -0.2) is 39.3 Å². The van der Waals surface area contributed by atoms with E-state index in [1.807, 2.05) is 12.1 Å². The minimum absolute atomic E-state index is 0.0695. The molecule has 0 saturated carbocycles. The SMILES string of the molecule is O=c1ncc2c(cnn2[C@@H]2CCS(=O)(=O)C2)n1Cc1ccc(Cl)cc1. The van der Waals surface area contributed by atoms with Crippen molar-refractivity contribution in [2.45, 2.75) is 19.0 Å². The topological polar surface area (TPSA) is 86.8 Å². The van der Waals surface area contributed by atoms with E-state index in [1.165, 1.54) is 10.8 Å². The fourth-order valence-electron chi connectivity index (χ4n) is 3.17. The molecule has 1 fully saturated rings. The molecule has 130 valence electrons. The van der Waals surface area contributed by atoms with E-state index in [9.17, 15) is 13.2 Å². The van der Waals surface area contributed by atoms with E-state index in [1.54, 1.807) is 23.0 Å². The zero-order valence-corrected chi connectivity index (χ0v) is 14.7. The van der Waals surface area contributed by atoms with Crippen LogP contribution in [0.4, 0.5) is 0 Å². The molecule has 1 aliphatic heterocycles. The van der Waals surface area contributed by atoms with Gasteiger partial charge in [0.05, 0.1) is 42.0 Å². The highest BCUT2D eigenvalue weighted by atomic mass is 35.5. The van der Waals surface area contributed by atoms with Crippen LogP contribution in [0.25, 0.3) is 11.0 Å². The van der Waals surface area contributed by atoms with Crippen LogP contribution in [0, 0.1) is 0 Å². The van der Waals surface area contributed by atoms with Crippen molar-refractivity contribution in [3.05, 3.63) is 57.7 Å². The summed E-state index contributed by atoms with van der Waals surface area (Å²) in [6, 6.07) is 7.01. The fraction of sp³-hybridized carbons (Fsp3) is 0.312. The van der Waals surface area contributed by atoms with Crippen LogP contribution in [0.15, 0.2) is 41.5 Å². The quantitative estimate of drug-likeness (QED) is 0.691. The molecule has 0 radical (unpaired) electrons. The first-order chi connectivity index (χ1) is 11.9. The van der Waals surface area contributed by atoms with Gasteiger partial charge in [0.25, 0.3) is 0 Å². The highest BCUT2D eigenvalue weighted by molar-refractivity contribution is 7.91. The molecule has 3 aromatic rings. The van der Waals surface area contributed by atoms with E-state index in [-0.39, 0.29) is 23.2 Å². The average molecular weight is 379 g/mol. The Kier molecular flexibility index (Phi) is 3.88. The molecule has 25 heavy (non-hydrogen) atoms. The van der Waals surface area contributed by atoms with Crippen LogP contribution in [-0.2, 0) is 16.4 Å². The van der Waals surface area contributed by atoms with Crippen molar-refractivity contribution in [2.24, 2.45) is 0 Å². The van der Waals surface area contributed by atoms with Gasteiger partial charge in [-0.1, -0.05) is 23.7 Å². The second-order valence-electron chi connectivity index (χ2n) is 6.17.